The summed E-state index contributed by atoms with van der Waals surface area (Å²) < 4.78 is 38.9. The number of carbonyl (C=O) groups is 2. The molecular weight excluding hydrogens is 571 g/mol. The van der Waals surface area contributed by atoms with Crippen molar-refractivity contribution in [3.8, 4) is 0 Å². The van der Waals surface area contributed by atoms with Crippen LogP contribution in [0.3, 0.4) is 0 Å². The number of hydroxylamine groups is 1. The van der Waals surface area contributed by atoms with Crippen LogP contribution in [-0.4, -0.2) is 41.2 Å². The Morgan fingerprint density at radius 2 is 1.95 bits per heavy atom. The lowest BCUT2D eigenvalue weighted by molar-refractivity contribution is -0.124. The van der Waals surface area contributed by atoms with Gasteiger partial charge in [-0.05, 0) is 69.5 Å². The molecule has 1 aromatic carbocycles. The van der Waals surface area contributed by atoms with Gasteiger partial charge >= 0.3 is 6.18 Å². The maximum absolute atomic E-state index is 13.0. The van der Waals surface area contributed by atoms with Gasteiger partial charge in [0, 0.05) is 33.7 Å². The molecule has 8 nitrogen and oxygen atoms in total. The second-order valence-corrected chi connectivity index (χ2v) is 9.35. The molecule has 5 N–H and O–H groups in total. The second-order valence-electron chi connectivity index (χ2n) is 8.94. The second kappa shape index (κ2) is 15.5. The fourth-order valence-electron chi connectivity index (χ4n) is 3.52. The number of Topliss-reactive ketones (excluding diaryl/α,β-unsaturated/α-hetero) is 1. The van der Waals surface area contributed by atoms with E-state index < -0.39 is 23.6 Å². The van der Waals surface area contributed by atoms with E-state index in [9.17, 15) is 22.8 Å². The summed E-state index contributed by atoms with van der Waals surface area (Å²) in [5, 5.41) is 11.9. The lowest BCUT2D eigenvalue weighted by Crippen LogP contribution is -2.25. The van der Waals surface area contributed by atoms with Crippen molar-refractivity contribution >= 4 is 46.6 Å². The van der Waals surface area contributed by atoms with Gasteiger partial charge in [0.25, 0.3) is 5.91 Å². The van der Waals surface area contributed by atoms with E-state index in [1.165, 1.54) is 30.6 Å². The molecule has 0 bridgehead atoms. The number of amides is 1. The molecule has 0 radical (unpaired) electrons. The minimum atomic E-state index is -4.66. The number of rotatable bonds is 11. The van der Waals surface area contributed by atoms with Crippen molar-refractivity contribution in [1.29, 1.82) is 0 Å². The SMILES string of the molecule is C/C=C(C(/N)=N/c1cc(/C=C/C(=O)NO)ccc1C)\C(Cl)=C/C/C=C(\C)NCC(=O)C1=CC=C=C(C(F)(F)F)N=C1C. The van der Waals surface area contributed by atoms with Crippen LogP contribution in [0.2, 0.25) is 0 Å². The van der Waals surface area contributed by atoms with Crippen LogP contribution in [0.5, 0.6) is 0 Å². The maximum atomic E-state index is 13.0. The zero-order valence-electron chi connectivity index (χ0n) is 23.4. The van der Waals surface area contributed by atoms with E-state index in [1.54, 1.807) is 44.2 Å². The predicted molar refractivity (Wildman–Crippen MR) is 159 cm³/mol. The molecule has 1 aromatic rings. The van der Waals surface area contributed by atoms with E-state index >= 15 is 0 Å². The van der Waals surface area contributed by atoms with Crippen LogP contribution in [0.25, 0.3) is 6.08 Å². The highest BCUT2D eigenvalue weighted by Crippen LogP contribution is 2.27. The molecule has 0 atom stereocenters. The smallest absolute Gasteiger partial charge is 0.383 e. The van der Waals surface area contributed by atoms with E-state index in [0.29, 0.717) is 34.0 Å². The van der Waals surface area contributed by atoms with E-state index in [-0.39, 0.29) is 23.7 Å². The normalized spacial score (nSPS) is 15.2. The fraction of sp³-hybridized carbons (Fsp3) is 0.233. The van der Waals surface area contributed by atoms with Crippen LogP contribution in [-0.2, 0) is 9.59 Å². The summed E-state index contributed by atoms with van der Waals surface area (Å²) in [5.41, 5.74) is 11.9. The van der Waals surface area contributed by atoms with Crippen molar-refractivity contribution in [2.45, 2.75) is 40.3 Å². The molecule has 12 heteroatoms. The van der Waals surface area contributed by atoms with E-state index in [4.69, 9.17) is 22.5 Å². The number of amidine groups is 1. The van der Waals surface area contributed by atoms with Crippen LogP contribution in [0, 0.1) is 6.92 Å². The molecule has 2 rings (SSSR count). The zero-order valence-corrected chi connectivity index (χ0v) is 24.2. The third kappa shape index (κ3) is 10.2. The zero-order chi connectivity index (χ0) is 31.4. The van der Waals surface area contributed by atoms with Gasteiger partial charge in [-0.3, -0.25) is 14.8 Å². The topological polar surface area (TPSA) is 129 Å². The highest BCUT2D eigenvalue weighted by molar-refractivity contribution is 6.35. The molecule has 0 spiro atoms. The summed E-state index contributed by atoms with van der Waals surface area (Å²) in [6.45, 7) is 6.55. The number of aliphatic imine (C=N–C) groups is 2. The summed E-state index contributed by atoms with van der Waals surface area (Å²) in [7, 11) is 0. The third-order valence-electron chi connectivity index (χ3n) is 5.79. The number of halogens is 4. The van der Waals surface area contributed by atoms with Gasteiger partial charge in [-0.2, -0.15) is 13.2 Å². The Morgan fingerprint density at radius 1 is 1.24 bits per heavy atom. The lowest BCUT2D eigenvalue weighted by Gasteiger charge is -2.10. The molecule has 0 saturated heterocycles. The molecule has 0 unspecified atom stereocenters. The monoisotopic (exact) mass is 601 g/mol. The highest BCUT2D eigenvalue weighted by atomic mass is 35.5. The highest BCUT2D eigenvalue weighted by Gasteiger charge is 2.34. The van der Waals surface area contributed by atoms with Gasteiger partial charge in [0.1, 0.15) is 5.84 Å². The van der Waals surface area contributed by atoms with Crippen LogP contribution in [0.15, 0.2) is 97.9 Å². The summed E-state index contributed by atoms with van der Waals surface area (Å²) in [6.07, 6.45) is 5.91. The molecule has 42 heavy (non-hydrogen) atoms. The maximum Gasteiger partial charge on any atom is 0.440 e. The Kier molecular flexibility index (Phi) is 12.5. The standard InChI is InChI=1S/C30H31ClF3N5O3/c1-5-22(29(35)38-25-16-21(13-12-18(25)2)14-15-28(41)39-42)24(31)10-6-8-19(3)36-17-26(40)23-9-7-11-27(30(32,33)34)37-20(23)4/h5,7-10,12-16,36,42H,6,17H2,1-4H3,(H2,35,38)(H,39,41)/b15-14+,19-8+,22-5+,24-10+. The van der Waals surface area contributed by atoms with Gasteiger partial charge < -0.3 is 11.1 Å². The first-order chi connectivity index (χ1) is 19.8. The molecule has 0 aliphatic carbocycles. The van der Waals surface area contributed by atoms with Crippen molar-refractivity contribution in [1.82, 2.24) is 10.8 Å². The first kappa shape index (κ1) is 33.8. The number of carbonyl (C=O) groups excluding carboxylic acids is 2. The number of ketones is 1. The Balaban J connectivity index is 2.06. The number of aryl methyl sites for hydroxylation is 1. The van der Waals surface area contributed by atoms with Crippen LogP contribution in [0.1, 0.15) is 38.3 Å². The lowest BCUT2D eigenvalue weighted by atomic mass is 10.1. The third-order valence-corrected chi connectivity index (χ3v) is 6.15. The van der Waals surface area contributed by atoms with Crippen molar-refractivity contribution in [2.75, 3.05) is 6.54 Å². The average Bonchev–Trinajstić information content (AvgIpc) is 3.14. The fourth-order valence-corrected chi connectivity index (χ4v) is 3.81. The number of nitrogens with one attached hydrogen (secondary N) is 2. The number of allylic oxidation sites excluding steroid dienone is 6. The van der Waals surface area contributed by atoms with E-state index in [0.717, 1.165) is 11.6 Å². The number of benzene rings is 1. The van der Waals surface area contributed by atoms with E-state index in [1.807, 2.05) is 18.7 Å². The molecule has 0 saturated carbocycles. The Morgan fingerprint density at radius 3 is 2.60 bits per heavy atom. The van der Waals surface area contributed by atoms with Crippen LogP contribution < -0.4 is 16.5 Å². The number of nitrogens with two attached hydrogens (primary N) is 1. The van der Waals surface area contributed by atoms with Crippen LogP contribution >= 0.6 is 11.6 Å². The summed E-state index contributed by atoms with van der Waals surface area (Å²) in [5.74, 6) is -0.920. The minimum Gasteiger partial charge on any atom is -0.383 e. The number of alkyl halides is 3. The molecule has 1 aliphatic rings. The van der Waals surface area contributed by atoms with Crippen molar-refractivity contribution in [3.63, 3.8) is 0 Å². The Labute approximate surface area is 246 Å². The number of nitrogens with zero attached hydrogens (tertiary/aromatic N) is 2. The van der Waals surface area contributed by atoms with Gasteiger partial charge in [-0.1, -0.05) is 47.7 Å². The van der Waals surface area contributed by atoms with Gasteiger partial charge in [0.05, 0.1) is 12.2 Å². The van der Waals surface area contributed by atoms with Crippen molar-refractivity contribution in [2.24, 2.45) is 15.7 Å². The quantitative estimate of drug-likeness (QED) is 0.0468. The summed E-state index contributed by atoms with van der Waals surface area (Å²) in [6, 6.07) is 5.33. The van der Waals surface area contributed by atoms with Crippen molar-refractivity contribution in [3.05, 3.63) is 99.1 Å². The van der Waals surface area contributed by atoms with Gasteiger partial charge in [-0.25, -0.2) is 15.5 Å². The van der Waals surface area contributed by atoms with Gasteiger partial charge in [0.2, 0.25) is 0 Å². The van der Waals surface area contributed by atoms with Gasteiger partial charge in [0.15, 0.2) is 11.5 Å². The number of hydrogen-bond donors (Lipinski definition) is 4. The Hall–Kier alpha value is -4.44. The minimum absolute atomic E-state index is 0.0441. The predicted octanol–water partition coefficient (Wildman–Crippen LogP) is 6.03. The van der Waals surface area contributed by atoms with Crippen molar-refractivity contribution < 1.29 is 28.0 Å². The molecule has 0 fully saturated rings. The average molecular weight is 602 g/mol. The van der Waals surface area contributed by atoms with E-state index in [2.05, 4.69) is 15.3 Å². The Bertz CT molecular complexity index is 1510. The first-order valence-corrected chi connectivity index (χ1v) is 13.0. The largest absolute Gasteiger partial charge is 0.440 e. The molecule has 1 heterocycles. The first-order valence-electron chi connectivity index (χ1n) is 12.6. The summed E-state index contributed by atoms with van der Waals surface area (Å²) in [4.78, 5) is 31.8. The molecule has 1 amide bonds. The molecule has 222 valence electrons. The molecule has 0 aromatic heterocycles. The van der Waals surface area contributed by atoms with Crippen LogP contribution in [0.4, 0.5) is 18.9 Å². The summed E-state index contributed by atoms with van der Waals surface area (Å²) >= 11 is 6.50. The number of hydrogen-bond acceptors (Lipinski definition) is 6. The molecule has 1 aliphatic heterocycles. The van der Waals surface area contributed by atoms with Gasteiger partial charge in [-0.15, -0.1) is 0 Å². The molecular formula is C30H31ClF3N5O3.